The number of benzene rings is 2. The monoisotopic (exact) mass is 483 g/mol. The van der Waals surface area contributed by atoms with E-state index < -0.39 is 10.0 Å². The lowest BCUT2D eigenvalue weighted by Gasteiger charge is -2.38. The van der Waals surface area contributed by atoms with Crippen molar-refractivity contribution in [2.75, 3.05) is 36.9 Å². The van der Waals surface area contributed by atoms with E-state index in [1.165, 1.54) is 20.3 Å². The molecule has 29 heavy (non-hydrogen) atoms. The largest absolute Gasteiger partial charge is 0.495 e. The summed E-state index contributed by atoms with van der Waals surface area (Å²) < 4.78 is 40.1. The molecule has 0 aliphatic carbocycles. The Kier molecular flexibility index (Phi) is 6.60. The minimum absolute atomic E-state index is 0.0475. The number of nitrogens with one attached hydrogen (secondary N) is 2. The molecule has 2 aromatic carbocycles. The van der Waals surface area contributed by atoms with Gasteiger partial charge in [-0.2, -0.15) is 0 Å². The second-order valence-corrected chi connectivity index (χ2v) is 9.73. The number of nitrogens with zero attached hydrogens (tertiary/aromatic N) is 1. The molecule has 1 aliphatic rings. The Morgan fingerprint density at radius 2 is 1.66 bits per heavy atom. The first-order chi connectivity index (χ1) is 13.7. The first kappa shape index (κ1) is 21.7. The molecule has 0 amide bonds. The first-order valence-corrected chi connectivity index (χ1v) is 11.6. The van der Waals surface area contributed by atoms with E-state index in [-0.39, 0.29) is 10.6 Å². The molecule has 9 heteroatoms. The Hall–Kier alpha value is -1.97. The van der Waals surface area contributed by atoms with Gasteiger partial charge in [-0.1, -0.05) is 15.9 Å². The lowest BCUT2D eigenvalue weighted by Crippen LogP contribution is -2.54. The zero-order valence-electron chi connectivity index (χ0n) is 16.9. The normalized spacial score (nSPS) is 19.7. The molecule has 1 saturated heterocycles. The molecule has 1 aliphatic heterocycles. The molecule has 2 N–H and O–H groups in total. The van der Waals surface area contributed by atoms with E-state index in [1.54, 1.807) is 18.2 Å². The van der Waals surface area contributed by atoms with Gasteiger partial charge in [-0.3, -0.25) is 4.72 Å². The van der Waals surface area contributed by atoms with Crippen LogP contribution < -0.4 is 24.4 Å². The van der Waals surface area contributed by atoms with Crippen LogP contribution in [0.1, 0.15) is 13.8 Å². The van der Waals surface area contributed by atoms with Crippen LogP contribution in [-0.4, -0.2) is 47.8 Å². The highest BCUT2D eigenvalue weighted by Gasteiger charge is 2.24. The number of piperazine rings is 1. The average Bonchev–Trinajstić information content (AvgIpc) is 2.67. The Labute approximate surface area is 180 Å². The molecule has 0 aromatic heterocycles. The summed E-state index contributed by atoms with van der Waals surface area (Å²) in [6.07, 6.45) is 0. The Balaban J connectivity index is 1.97. The highest BCUT2D eigenvalue weighted by molar-refractivity contribution is 9.10. The molecule has 0 saturated carbocycles. The van der Waals surface area contributed by atoms with Gasteiger partial charge >= 0.3 is 0 Å². The average molecular weight is 484 g/mol. The zero-order chi connectivity index (χ0) is 21.2. The van der Waals surface area contributed by atoms with E-state index in [2.05, 4.69) is 44.7 Å². The molecular formula is C20H26BrN3O4S. The Morgan fingerprint density at radius 3 is 2.28 bits per heavy atom. The molecule has 3 rings (SSSR count). The fraction of sp³-hybridized carbons (Fsp3) is 0.400. The Morgan fingerprint density at radius 1 is 1.03 bits per heavy atom. The van der Waals surface area contributed by atoms with Gasteiger partial charge in [0.1, 0.15) is 16.4 Å². The summed E-state index contributed by atoms with van der Waals surface area (Å²) in [5.41, 5.74) is 1.32. The van der Waals surface area contributed by atoms with Crippen molar-refractivity contribution in [2.24, 2.45) is 0 Å². The second kappa shape index (κ2) is 8.81. The van der Waals surface area contributed by atoms with Crippen LogP contribution >= 0.6 is 15.9 Å². The van der Waals surface area contributed by atoms with E-state index in [1.807, 2.05) is 12.1 Å². The van der Waals surface area contributed by atoms with E-state index in [9.17, 15) is 8.42 Å². The molecular weight excluding hydrogens is 458 g/mol. The van der Waals surface area contributed by atoms with Crippen molar-refractivity contribution < 1.29 is 17.9 Å². The van der Waals surface area contributed by atoms with Gasteiger partial charge in [0.15, 0.2) is 0 Å². The molecule has 0 spiro atoms. The number of halogens is 1. The summed E-state index contributed by atoms with van der Waals surface area (Å²) in [4.78, 5) is 2.29. The van der Waals surface area contributed by atoms with Crippen LogP contribution in [0.4, 0.5) is 11.4 Å². The van der Waals surface area contributed by atoms with E-state index >= 15 is 0 Å². The van der Waals surface area contributed by atoms with Gasteiger partial charge in [-0.05, 0) is 50.2 Å². The van der Waals surface area contributed by atoms with Gasteiger partial charge in [0.25, 0.3) is 10.0 Å². The number of hydrogen-bond donors (Lipinski definition) is 2. The van der Waals surface area contributed by atoms with Gasteiger partial charge in [-0.25, -0.2) is 8.42 Å². The van der Waals surface area contributed by atoms with Crippen LogP contribution in [0.5, 0.6) is 11.5 Å². The number of sulfonamides is 1. The number of ether oxygens (including phenoxy) is 2. The first-order valence-electron chi connectivity index (χ1n) is 9.29. The molecule has 2 atom stereocenters. The quantitative estimate of drug-likeness (QED) is 0.654. The number of anilines is 2. The predicted molar refractivity (Wildman–Crippen MR) is 119 cm³/mol. The SMILES string of the molecule is COc1ccc(N2CC(C)NC(C)C2)cc1NS(=O)(=O)c1cc(Br)ccc1OC. The predicted octanol–water partition coefficient (Wildman–Crippen LogP) is 3.45. The number of methoxy groups -OCH3 is 2. The molecule has 2 aromatic rings. The summed E-state index contributed by atoms with van der Waals surface area (Å²) >= 11 is 3.32. The van der Waals surface area contributed by atoms with E-state index in [0.717, 1.165) is 18.8 Å². The minimum atomic E-state index is -3.90. The molecule has 1 fully saturated rings. The summed E-state index contributed by atoms with van der Waals surface area (Å²) in [5.74, 6) is 0.711. The third-order valence-electron chi connectivity index (χ3n) is 4.77. The second-order valence-electron chi connectivity index (χ2n) is 7.16. The van der Waals surface area contributed by atoms with Crippen molar-refractivity contribution in [1.82, 2.24) is 5.32 Å². The van der Waals surface area contributed by atoms with Crippen LogP contribution in [0.15, 0.2) is 45.8 Å². The van der Waals surface area contributed by atoms with Crippen LogP contribution in [-0.2, 0) is 10.0 Å². The highest BCUT2D eigenvalue weighted by Crippen LogP contribution is 2.34. The van der Waals surface area contributed by atoms with Crippen LogP contribution in [0.25, 0.3) is 0 Å². The van der Waals surface area contributed by atoms with Crippen molar-refractivity contribution in [3.63, 3.8) is 0 Å². The Bertz CT molecular complexity index is 974. The molecule has 0 bridgehead atoms. The number of rotatable bonds is 6. The maximum atomic E-state index is 13.1. The smallest absolute Gasteiger partial charge is 0.265 e. The maximum absolute atomic E-state index is 13.1. The third kappa shape index (κ3) is 4.96. The van der Waals surface area contributed by atoms with Gasteiger partial charge in [-0.15, -0.1) is 0 Å². The van der Waals surface area contributed by atoms with Crippen LogP contribution in [0.2, 0.25) is 0 Å². The number of hydrogen-bond acceptors (Lipinski definition) is 6. The maximum Gasteiger partial charge on any atom is 0.265 e. The molecule has 158 valence electrons. The fourth-order valence-electron chi connectivity index (χ4n) is 3.57. The van der Waals surface area contributed by atoms with Gasteiger partial charge in [0.05, 0.1) is 19.9 Å². The van der Waals surface area contributed by atoms with E-state index in [0.29, 0.717) is 28.0 Å². The molecule has 2 unspecified atom stereocenters. The van der Waals surface area contributed by atoms with Crippen molar-refractivity contribution >= 4 is 37.3 Å². The van der Waals surface area contributed by atoms with Crippen LogP contribution in [0.3, 0.4) is 0 Å². The summed E-state index contributed by atoms with van der Waals surface area (Å²) in [6, 6.07) is 11.1. The van der Waals surface area contributed by atoms with Gasteiger partial charge < -0.3 is 19.7 Å². The fourth-order valence-corrected chi connectivity index (χ4v) is 5.34. The zero-order valence-corrected chi connectivity index (χ0v) is 19.3. The molecule has 0 radical (unpaired) electrons. The minimum Gasteiger partial charge on any atom is -0.495 e. The topological polar surface area (TPSA) is 79.9 Å². The summed E-state index contributed by atoms with van der Waals surface area (Å²) in [7, 11) is -0.940. The van der Waals surface area contributed by atoms with Crippen molar-refractivity contribution in [1.29, 1.82) is 0 Å². The van der Waals surface area contributed by atoms with Crippen LogP contribution in [0, 0.1) is 0 Å². The van der Waals surface area contributed by atoms with Crippen molar-refractivity contribution in [3.05, 3.63) is 40.9 Å². The van der Waals surface area contributed by atoms with Gasteiger partial charge in [0, 0.05) is 35.3 Å². The van der Waals surface area contributed by atoms with Crippen molar-refractivity contribution in [2.45, 2.75) is 30.8 Å². The van der Waals surface area contributed by atoms with E-state index in [4.69, 9.17) is 9.47 Å². The third-order valence-corrected chi connectivity index (χ3v) is 6.65. The van der Waals surface area contributed by atoms with Crippen molar-refractivity contribution in [3.8, 4) is 11.5 Å². The highest BCUT2D eigenvalue weighted by atomic mass is 79.9. The molecule has 1 heterocycles. The molecule has 7 nitrogen and oxygen atoms in total. The van der Waals surface area contributed by atoms with Gasteiger partial charge in [0.2, 0.25) is 0 Å². The standard InChI is InChI=1S/C20H26BrN3O4S/c1-13-11-24(12-14(2)22-13)16-6-8-18(27-3)17(10-16)23-29(25,26)20-9-15(21)5-7-19(20)28-4/h5-10,13-14,22-23H,11-12H2,1-4H3. The lowest BCUT2D eigenvalue weighted by atomic mass is 10.1. The summed E-state index contributed by atoms with van der Waals surface area (Å²) in [6.45, 7) is 5.94. The summed E-state index contributed by atoms with van der Waals surface area (Å²) in [5, 5.41) is 3.50. The lowest BCUT2D eigenvalue weighted by molar-refractivity contribution is 0.402.